The van der Waals surface area contributed by atoms with Crippen molar-refractivity contribution in [3.63, 3.8) is 0 Å². The lowest BCUT2D eigenvalue weighted by Gasteiger charge is -2.36. The molecule has 2 atom stereocenters. The van der Waals surface area contributed by atoms with Crippen molar-refractivity contribution in [2.75, 3.05) is 19.6 Å². The molecule has 0 radical (unpaired) electrons. The first-order valence-electron chi connectivity index (χ1n) is 13.9. The number of amides is 1. The highest BCUT2D eigenvalue weighted by Gasteiger charge is 2.25. The van der Waals surface area contributed by atoms with Gasteiger partial charge >= 0.3 is 0 Å². The van der Waals surface area contributed by atoms with Gasteiger partial charge in [0.15, 0.2) is 0 Å². The third-order valence-electron chi connectivity index (χ3n) is 6.89. The van der Waals surface area contributed by atoms with Gasteiger partial charge in [-0.2, -0.15) is 0 Å². The van der Waals surface area contributed by atoms with Gasteiger partial charge in [-0.1, -0.05) is 84.0 Å². The maximum atomic E-state index is 12.8. The molecule has 188 valence electrons. The predicted octanol–water partition coefficient (Wildman–Crippen LogP) is 5.74. The molecule has 0 spiro atoms. The fourth-order valence-corrected chi connectivity index (χ4v) is 4.77. The lowest BCUT2D eigenvalue weighted by atomic mass is 10.0. The quantitative estimate of drug-likeness (QED) is 0.172. The van der Waals surface area contributed by atoms with E-state index in [9.17, 15) is 9.59 Å². The van der Waals surface area contributed by atoms with Crippen LogP contribution in [-0.4, -0.2) is 48.8 Å². The van der Waals surface area contributed by atoms with Crippen LogP contribution in [0, 0.1) is 0 Å². The maximum absolute atomic E-state index is 12.8. The molecule has 1 saturated heterocycles. The Morgan fingerprint density at radius 2 is 1.56 bits per heavy atom. The average Bonchev–Trinajstić information content (AvgIpc) is 2.81. The number of likely N-dealkylation sites (tertiary alicyclic amines) is 1. The number of rotatable bonds is 21. The largest absolute Gasteiger partial charge is 0.338 e. The number of piperidine rings is 1. The molecule has 1 aliphatic rings. The Balaban J connectivity index is 2.04. The number of nitrogens with zero attached hydrogens (tertiary/aromatic N) is 1. The number of aldehydes is 1. The molecule has 1 heterocycles. The van der Waals surface area contributed by atoms with Crippen molar-refractivity contribution in [3.05, 3.63) is 0 Å². The lowest BCUT2D eigenvalue weighted by molar-refractivity contribution is -0.134. The molecule has 0 aromatic rings. The van der Waals surface area contributed by atoms with Crippen molar-refractivity contribution < 1.29 is 9.59 Å². The van der Waals surface area contributed by atoms with Crippen LogP contribution in [0.15, 0.2) is 0 Å². The van der Waals surface area contributed by atoms with Gasteiger partial charge in [-0.3, -0.25) is 4.79 Å². The topological polar surface area (TPSA) is 75.4 Å². The highest BCUT2D eigenvalue weighted by atomic mass is 16.2. The van der Waals surface area contributed by atoms with Crippen molar-refractivity contribution in [2.45, 2.75) is 141 Å². The van der Waals surface area contributed by atoms with Gasteiger partial charge in [-0.05, 0) is 45.1 Å². The molecule has 1 fully saturated rings. The number of nitrogens with two attached hydrogens (primary N) is 1. The zero-order chi connectivity index (χ0) is 23.3. The number of nitrogens with one attached hydrogen (secondary N) is 1. The Morgan fingerprint density at radius 3 is 2.19 bits per heavy atom. The minimum atomic E-state index is -0.318. The second kappa shape index (κ2) is 20.7. The molecule has 5 nitrogen and oxygen atoms in total. The summed E-state index contributed by atoms with van der Waals surface area (Å²) in [6, 6.07) is 0.0348. The summed E-state index contributed by atoms with van der Waals surface area (Å²) < 4.78 is 0. The third kappa shape index (κ3) is 15.0. The number of hydrogen-bond donors (Lipinski definition) is 2. The molecule has 32 heavy (non-hydrogen) atoms. The van der Waals surface area contributed by atoms with Crippen LogP contribution in [0.3, 0.4) is 0 Å². The maximum Gasteiger partial charge on any atom is 0.222 e. The monoisotopic (exact) mass is 451 g/mol. The number of hydrogen-bond acceptors (Lipinski definition) is 4. The van der Waals surface area contributed by atoms with Crippen LogP contribution in [0.25, 0.3) is 0 Å². The molecule has 0 aliphatic carbocycles. The lowest BCUT2D eigenvalue weighted by Crippen LogP contribution is -2.48. The van der Waals surface area contributed by atoms with Gasteiger partial charge in [0.25, 0.3) is 0 Å². The minimum absolute atomic E-state index is 0.318. The summed E-state index contributed by atoms with van der Waals surface area (Å²) in [6.07, 6.45) is 23.8. The van der Waals surface area contributed by atoms with E-state index in [-0.39, 0.29) is 6.04 Å². The molecule has 1 amide bonds. The Hall–Kier alpha value is -0.940. The average molecular weight is 452 g/mol. The van der Waals surface area contributed by atoms with Crippen LogP contribution >= 0.6 is 0 Å². The summed E-state index contributed by atoms with van der Waals surface area (Å²) >= 11 is 0. The normalized spacial score (nSPS) is 17.4. The van der Waals surface area contributed by atoms with E-state index in [1.165, 1.54) is 77.0 Å². The van der Waals surface area contributed by atoms with Gasteiger partial charge < -0.3 is 20.7 Å². The van der Waals surface area contributed by atoms with Crippen molar-refractivity contribution >= 4 is 12.2 Å². The summed E-state index contributed by atoms with van der Waals surface area (Å²) in [5.41, 5.74) is 5.63. The zero-order valence-electron chi connectivity index (χ0n) is 21.1. The van der Waals surface area contributed by atoms with Crippen LogP contribution in [-0.2, 0) is 9.59 Å². The van der Waals surface area contributed by atoms with E-state index in [1.54, 1.807) is 0 Å². The predicted molar refractivity (Wildman–Crippen MR) is 136 cm³/mol. The minimum Gasteiger partial charge on any atom is -0.338 e. The van der Waals surface area contributed by atoms with E-state index in [4.69, 9.17) is 5.73 Å². The van der Waals surface area contributed by atoms with Crippen LogP contribution < -0.4 is 11.1 Å². The van der Waals surface area contributed by atoms with Gasteiger partial charge in [0.2, 0.25) is 5.91 Å². The molecule has 1 aliphatic heterocycles. The van der Waals surface area contributed by atoms with E-state index in [2.05, 4.69) is 17.1 Å². The SMILES string of the molecule is CCCCCCCCCCCCCCC(=O)N1CCCCC1CNCCCCC(N)C=O. The van der Waals surface area contributed by atoms with Gasteiger partial charge in [0.1, 0.15) is 6.29 Å². The molecule has 0 aromatic carbocycles. The van der Waals surface area contributed by atoms with Crippen molar-refractivity contribution in [2.24, 2.45) is 5.73 Å². The number of carbonyl (C=O) groups is 2. The van der Waals surface area contributed by atoms with Crippen molar-refractivity contribution in [1.29, 1.82) is 0 Å². The zero-order valence-corrected chi connectivity index (χ0v) is 21.1. The summed E-state index contributed by atoms with van der Waals surface area (Å²) in [5, 5.41) is 3.52. The highest BCUT2D eigenvalue weighted by molar-refractivity contribution is 5.76. The molecular weight excluding hydrogens is 398 g/mol. The molecule has 0 aromatic heterocycles. The van der Waals surface area contributed by atoms with Crippen LogP contribution in [0.4, 0.5) is 0 Å². The van der Waals surface area contributed by atoms with Gasteiger partial charge in [0.05, 0.1) is 6.04 Å². The first-order valence-corrected chi connectivity index (χ1v) is 13.9. The summed E-state index contributed by atoms with van der Waals surface area (Å²) in [6.45, 7) is 5.03. The standard InChI is InChI=1S/C27H53N3O2/c1-2-3-4-5-6-7-8-9-10-11-12-13-20-27(32)30-22-17-15-19-26(30)23-29-21-16-14-18-25(28)24-31/h24-26,29H,2-23,28H2,1H3. The van der Waals surface area contributed by atoms with Crippen LogP contribution in [0.1, 0.15) is 129 Å². The van der Waals surface area contributed by atoms with E-state index in [0.29, 0.717) is 11.9 Å². The third-order valence-corrected chi connectivity index (χ3v) is 6.89. The molecule has 1 rings (SSSR count). The Morgan fingerprint density at radius 1 is 0.938 bits per heavy atom. The van der Waals surface area contributed by atoms with Gasteiger partial charge in [-0.25, -0.2) is 0 Å². The summed E-state index contributed by atoms with van der Waals surface area (Å²) in [4.78, 5) is 25.5. The van der Waals surface area contributed by atoms with Gasteiger partial charge in [-0.15, -0.1) is 0 Å². The molecule has 0 bridgehead atoms. The first kappa shape index (κ1) is 29.1. The van der Waals surface area contributed by atoms with Crippen LogP contribution in [0.5, 0.6) is 0 Å². The van der Waals surface area contributed by atoms with E-state index in [1.807, 2.05) is 0 Å². The van der Waals surface area contributed by atoms with E-state index in [0.717, 1.165) is 70.9 Å². The molecule has 2 unspecified atom stereocenters. The summed E-state index contributed by atoms with van der Waals surface area (Å²) in [5.74, 6) is 0.362. The Labute approximate surface area is 198 Å². The second-order valence-corrected chi connectivity index (χ2v) is 9.88. The molecule has 3 N–H and O–H groups in total. The van der Waals surface area contributed by atoms with Crippen molar-refractivity contribution in [1.82, 2.24) is 10.2 Å². The van der Waals surface area contributed by atoms with Crippen molar-refractivity contribution in [3.8, 4) is 0 Å². The van der Waals surface area contributed by atoms with E-state index < -0.39 is 0 Å². The number of unbranched alkanes of at least 4 members (excludes halogenated alkanes) is 12. The highest BCUT2D eigenvalue weighted by Crippen LogP contribution is 2.19. The second-order valence-electron chi connectivity index (χ2n) is 9.88. The summed E-state index contributed by atoms with van der Waals surface area (Å²) in [7, 11) is 0. The van der Waals surface area contributed by atoms with Gasteiger partial charge in [0, 0.05) is 25.6 Å². The molecular formula is C27H53N3O2. The number of carbonyl (C=O) groups excluding carboxylic acids is 2. The van der Waals surface area contributed by atoms with E-state index >= 15 is 0 Å². The fraction of sp³-hybridized carbons (Fsp3) is 0.926. The smallest absolute Gasteiger partial charge is 0.222 e. The van der Waals surface area contributed by atoms with Crippen LogP contribution in [0.2, 0.25) is 0 Å². The first-order chi connectivity index (χ1) is 15.7. The fourth-order valence-electron chi connectivity index (χ4n) is 4.77. The Bertz CT molecular complexity index is 458. The molecule has 0 saturated carbocycles. The Kier molecular flexibility index (Phi) is 18.8. The molecule has 5 heteroatoms.